The Hall–Kier alpha value is -2.79. The van der Waals surface area contributed by atoms with E-state index in [4.69, 9.17) is 15.3 Å². The van der Waals surface area contributed by atoms with E-state index >= 15 is 0 Å². The minimum absolute atomic E-state index is 0.0484. The summed E-state index contributed by atoms with van der Waals surface area (Å²) in [7, 11) is 1.48. The third-order valence-corrected chi connectivity index (χ3v) is 2.22. The summed E-state index contributed by atoms with van der Waals surface area (Å²) in [6.45, 7) is 1.46. The molecule has 5 heteroatoms. The number of allylic oxidation sites excluding steroid dienone is 1. The summed E-state index contributed by atoms with van der Waals surface area (Å²) < 4.78 is 5.13. The molecule has 18 heavy (non-hydrogen) atoms. The number of Topliss-reactive ketones (excluding diaryl/α,β-unsaturated/α-hetero) is 1. The highest BCUT2D eigenvalue weighted by molar-refractivity contribution is 5.95. The predicted octanol–water partition coefficient (Wildman–Crippen LogP) is 2.24. The van der Waals surface area contributed by atoms with Crippen molar-refractivity contribution in [2.75, 3.05) is 12.4 Å². The number of hydrogen-bond acceptors (Lipinski definition) is 5. The molecule has 0 heterocycles. The van der Waals surface area contributed by atoms with E-state index in [1.165, 1.54) is 20.2 Å². The molecule has 5 nitrogen and oxygen atoms in total. The molecule has 0 unspecified atom stereocenters. The summed E-state index contributed by atoms with van der Waals surface area (Å²) in [5.74, 6) is 0.402. The Labute approximate surface area is 105 Å². The molecule has 1 aromatic carbocycles. The van der Waals surface area contributed by atoms with Crippen LogP contribution in [0, 0.1) is 22.7 Å². The van der Waals surface area contributed by atoms with Gasteiger partial charge in [-0.15, -0.1) is 0 Å². The van der Waals surface area contributed by atoms with E-state index in [2.05, 4.69) is 5.32 Å². The lowest BCUT2D eigenvalue weighted by atomic mass is 10.1. The minimum Gasteiger partial charge on any atom is -0.495 e. The molecule has 0 saturated carbocycles. The van der Waals surface area contributed by atoms with Crippen molar-refractivity contribution in [3.05, 3.63) is 35.5 Å². The Morgan fingerprint density at radius 2 is 2.06 bits per heavy atom. The fourth-order valence-corrected chi connectivity index (χ4v) is 1.27. The van der Waals surface area contributed by atoms with Gasteiger partial charge in [-0.2, -0.15) is 10.5 Å². The van der Waals surface area contributed by atoms with Gasteiger partial charge in [0.1, 0.15) is 23.5 Å². The first-order chi connectivity index (χ1) is 8.62. The standard InChI is InChI=1S/C13H11N3O2/c1-9(17)11-3-4-12(13(5-11)18-2)16-8-10(6-14)7-15/h3-5,8,16H,1-2H3. The van der Waals surface area contributed by atoms with Crippen molar-refractivity contribution in [3.63, 3.8) is 0 Å². The van der Waals surface area contributed by atoms with Crippen molar-refractivity contribution in [2.24, 2.45) is 0 Å². The fourth-order valence-electron chi connectivity index (χ4n) is 1.27. The van der Waals surface area contributed by atoms with Gasteiger partial charge in [-0.1, -0.05) is 0 Å². The van der Waals surface area contributed by atoms with Gasteiger partial charge in [0.05, 0.1) is 12.8 Å². The molecule has 1 aromatic rings. The summed E-state index contributed by atoms with van der Waals surface area (Å²) in [5.41, 5.74) is 1.06. The van der Waals surface area contributed by atoms with E-state index in [0.29, 0.717) is 17.0 Å². The Balaban J connectivity index is 3.05. The monoisotopic (exact) mass is 241 g/mol. The lowest BCUT2D eigenvalue weighted by Crippen LogP contribution is -1.98. The lowest BCUT2D eigenvalue weighted by molar-refractivity contribution is 0.101. The Morgan fingerprint density at radius 1 is 1.39 bits per heavy atom. The molecule has 90 valence electrons. The number of hydrogen-bond donors (Lipinski definition) is 1. The zero-order valence-corrected chi connectivity index (χ0v) is 10.0. The van der Waals surface area contributed by atoms with Gasteiger partial charge in [0.15, 0.2) is 5.78 Å². The molecule has 0 atom stereocenters. The van der Waals surface area contributed by atoms with Gasteiger partial charge in [0.25, 0.3) is 0 Å². The normalized spacial score (nSPS) is 8.67. The quantitative estimate of drug-likeness (QED) is 0.645. The summed E-state index contributed by atoms with van der Waals surface area (Å²) in [5, 5.41) is 20.0. The minimum atomic E-state index is -0.0647. The van der Waals surface area contributed by atoms with E-state index in [-0.39, 0.29) is 11.4 Å². The van der Waals surface area contributed by atoms with E-state index < -0.39 is 0 Å². The summed E-state index contributed by atoms with van der Waals surface area (Å²) in [6.07, 6.45) is 1.28. The number of carbonyl (C=O) groups is 1. The van der Waals surface area contributed by atoms with Crippen LogP contribution in [0.2, 0.25) is 0 Å². The number of ketones is 1. The Kier molecular flexibility index (Phi) is 4.48. The first-order valence-corrected chi connectivity index (χ1v) is 5.08. The van der Waals surface area contributed by atoms with E-state index in [1.54, 1.807) is 30.3 Å². The molecule has 1 N–H and O–H groups in total. The number of benzene rings is 1. The Bertz CT molecular complexity index is 561. The molecule has 0 saturated heterocycles. The molecule has 0 fully saturated rings. The highest BCUT2D eigenvalue weighted by Crippen LogP contribution is 2.25. The molecule has 1 rings (SSSR count). The van der Waals surface area contributed by atoms with Gasteiger partial charge in [0, 0.05) is 11.8 Å². The lowest BCUT2D eigenvalue weighted by Gasteiger charge is -2.09. The van der Waals surface area contributed by atoms with Crippen LogP contribution in [0.4, 0.5) is 5.69 Å². The number of ether oxygens (including phenoxy) is 1. The molecule has 0 aliphatic heterocycles. The van der Waals surface area contributed by atoms with Gasteiger partial charge in [-0.3, -0.25) is 4.79 Å². The molecule has 0 amide bonds. The fraction of sp³-hybridized carbons (Fsp3) is 0.154. The van der Waals surface area contributed by atoms with Gasteiger partial charge < -0.3 is 10.1 Å². The first kappa shape index (κ1) is 13.3. The van der Waals surface area contributed by atoms with E-state index in [9.17, 15) is 4.79 Å². The van der Waals surface area contributed by atoms with E-state index in [1.807, 2.05) is 0 Å². The third kappa shape index (κ3) is 3.10. The third-order valence-electron chi connectivity index (χ3n) is 2.22. The maximum atomic E-state index is 11.2. The molecule has 0 aliphatic rings. The summed E-state index contributed by atoms with van der Waals surface area (Å²) in [6, 6.07) is 8.35. The van der Waals surface area contributed by atoms with Gasteiger partial charge in [-0.25, -0.2) is 0 Å². The second-order valence-electron chi connectivity index (χ2n) is 3.40. The maximum absolute atomic E-state index is 11.2. The number of nitrogens with zero attached hydrogens (tertiary/aromatic N) is 2. The van der Waals surface area contributed by atoms with Crippen LogP contribution < -0.4 is 10.1 Å². The van der Waals surface area contributed by atoms with Gasteiger partial charge >= 0.3 is 0 Å². The average Bonchev–Trinajstić information content (AvgIpc) is 2.39. The molecular weight excluding hydrogens is 230 g/mol. The SMILES string of the molecule is COc1cc(C(C)=O)ccc1NC=C(C#N)C#N. The molecule has 0 aromatic heterocycles. The molecule has 0 aliphatic carbocycles. The highest BCUT2D eigenvalue weighted by atomic mass is 16.5. The van der Waals surface area contributed by atoms with Gasteiger partial charge in [0.2, 0.25) is 0 Å². The van der Waals surface area contributed by atoms with Crippen molar-refractivity contribution in [1.82, 2.24) is 0 Å². The van der Waals surface area contributed by atoms with Crippen LogP contribution in [0.25, 0.3) is 0 Å². The number of nitrogens with one attached hydrogen (secondary N) is 1. The van der Waals surface area contributed by atoms with Crippen LogP contribution in [0.15, 0.2) is 30.0 Å². The maximum Gasteiger partial charge on any atom is 0.159 e. The van der Waals surface area contributed by atoms with E-state index in [0.717, 1.165) is 0 Å². The number of anilines is 1. The van der Waals surface area contributed by atoms with Crippen molar-refractivity contribution in [2.45, 2.75) is 6.92 Å². The summed E-state index contributed by atoms with van der Waals surface area (Å²) >= 11 is 0. The summed E-state index contributed by atoms with van der Waals surface area (Å²) in [4.78, 5) is 11.2. The van der Waals surface area contributed by atoms with Crippen molar-refractivity contribution >= 4 is 11.5 Å². The smallest absolute Gasteiger partial charge is 0.159 e. The second kappa shape index (κ2) is 6.07. The molecular formula is C13H11N3O2. The van der Waals surface area contributed by atoms with Crippen molar-refractivity contribution in [3.8, 4) is 17.9 Å². The highest BCUT2D eigenvalue weighted by Gasteiger charge is 2.06. The average molecular weight is 241 g/mol. The van der Waals surface area contributed by atoms with Crippen LogP contribution in [-0.2, 0) is 0 Å². The predicted molar refractivity (Wildman–Crippen MR) is 65.9 cm³/mol. The van der Waals surface area contributed by atoms with Crippen LogP contribution >= 0.6 is 0 Å². The largest absolute Gasteiger partial charge is 0.495 e. The topological polar surface area (TPSA) is 85.9 Å². The molecule has 0 radical (unpaired) electrons. The Morgan fingerprint density at radius 3 is 2.56 bits per heavy atom. The number of carbonyl (C=O) groups excluding carboxylic acids is 1. The first-order valence-electron chi connectivity index (χ1n) is 5.08. The number of rotatable bonds is 4. The van der Waals surface area contributed by atoms with Crippen LogP contribution in [0.1, 0.15) is 17.3 Å². The second-order valence-corrected chi connectivity index (χ2v) is 3.40. The van der Waals surface area contributed by atoms with Crippen molar-refractivity contribution in [1.29, 1.82) is 10.5 Å². The van der Waals surface area contributed by atoms with Crippen LogP contribution in [0.5, 0.6) is 5.75 Å². The number of methoxy groups -OCH3 is 1. The zero-order valence-electron chi connectivity index (χ0n) is 10.0. The van der Waals surface area contributed by atoms with Crippen LogP contribution in [0.3, 0.4) is 0 Å². The molecule has 0 spiro atoms. The number of nitriles is 2. The van der Waals surface area contributed by atoms with Crippen LogP contribution in [-0.4, -0.2) is 12.9 Å². The molecule has 0 bridgehead atoms. The van der Waals surface area contributed by atoms with Crippen molar-refractivity contribution < 1.29 is 9.53 Å². The zero-order chi connectivity index (χ0) is 13.5. The van der Waals surface area contributed by atoms with Gasteiger partial charge in [-0.05, 0) is 25.1 Å².